The van der Waals surface area contributed by atoms with Crippen LogP contribution in [0.1, 0.15) is 24.4 Å². The van der Waals surface area contributed by atoms with Crippen molar-refractivity contribution in [1.82, 2.24) is 5.32 Å². The number of rotatable bonds is 5. The van der Waals surface area contributed by atoms with Gasteiger partial charge in [-0.25, -0.2) is 13.2 Å². The van der Waals surface area contributed by atoms with E-state index in [0.717, 1.165) is 31.6 Å². The first-order chi connectivity index (χ1) is 9.11. The van der Waals surface area contributed by atoms with Gasteiger partial charge < -0.3 is 15.8 Å². The summed E-state index contributed by atoms with van der Waals surface area (Å²) in [6, 6.07) is 1.52. The van der Waals surface area contributed by atoms with E-state index in [1.54, 1.807) is 0 Å². The van der Waals surface area contributed by atoms with Gasteiger partial charge in [-0.15, -0.1) is 0 Å². The fourth-order valence-electron chi connectivity index (χ4n) is 2.19. The second-order valence-electron chi connectivity index (χ2n) is 4.63. The molecule has 1 fully saturated rings. The van der Waals surface area contributed by atoms with Crippen LogP contribution >= 0.6 is 0 Å². The SMILES string of the molecule is NCC(NCC1CCCO1)c1cc(F)c(F)c(F)c1. The fourth-order valence-corrected chi connectivity index (χ4v) is 2.19. The van der Waals surface area contributed by atoms with Gasteiger partial charge in [0.05, 0.1) is 6.10 Å². The van der Waals surface area contributed by atoms with Crippen molar-refractivity contribution < 1.29 is 17.9 Å². The third-order valence-electron chi connectivity index (χ3n) is 3.26. The van der Waals surface area contributed by atoms with E-state index < -0.39 is 23.5 Å². The highest BCUT2D eigenvalue weighted by Gasteiger charge is 2.19. The van der Waals surface area contributed by atoms with E-state index in [-0.39, 0.29) is 12.6 Å². The minimum Gasteiger partial charge on any atom is -0.377 e. The summed E-state index contributed by atoms with van der Waals surface area (Å²) < 4.78 is 44.7. The molecule has 1 aliphatic rings. The van der Waals surface area contributed by atoms with Crippen molar-refractivity contribution in [1.29, 1.82) is 0 Å². The second-order valence-corrected chi connectivity index (χ2v) is 4.63. The molecule has 2 atom stereocenters. The van der Waals surface area contributed by atoms with Crippen LogP contribution in [0.5, 0.6) is 0 Å². The molecule has 3 N–H and O–H groups in total. The summed E-state index contributed by atoms with van der Waals surface area (Å²) in [7, 11) is 0. The zero-order valence-corrected chi connectivity index (χ0v) is 10.5. The van der Waals surface area contributed by atoms with Crippen molar-refractivity contribution in [2.45, 2.75) is 25.0 Å². The minimum absolute atomic E-state index is 0.101. The zero-order valence-electron chi connectivity index (χ0n) is 10.5. The highest BCUT2D eigenvalue weighted by Crippen LogP contribution is 2.19. The van der Waals surface area contributed by atoms with Gasteiger partial charge in [0, 0.05) is 25.7 Å². The molecule has 106 valence electrons. The van der Waals surface area contributed by atoms with Crippen LogP contribution in [0.3, 0.4) is 0 Å². The number of nitrogens with one attached hydrogen (secondary N) is 1. The van der Waals surface area contributed by atoms with Gasteiger partial charge in [-0.3, -0.25) is 0 Å². The van der Waals surface area contributed by atoms with Crippen molar-refractivity contribution >= 4 is 0 Å². The lowest BCUT2D eigenvalue weighted by Gasteiger charge is -2.20. The molecule has 0 spiro atoms. The molecule has 19 heavy (non-hydrogen) atoms. The first kappa shape index (κ1) is 14.3. The van der Waals surface area contributed by atoms with Crippen LogP contribution < -0.4 is 11.1 Å². The molecule has 0 aliphatic carbocycles. The quantitative estimate of drug-likeness (QED) is 0.806. The fraction of sp³-hybridized carbons (Fsp3) is 0.538. The first-order valence-corrected chi connectivity index (χ1v) is 6.31. The minimum atomic E-state index is -1.46. The Hall–Kier alpha value is -1.11. The molecule has 1 saturated heterocycles. The topological polar surface area (TPSA) is 47.3 Å². The van der Waals surface area contributed by atoms with Gasteiger partial charge in [-0.1, -0.05) is 0 Å². The zero-order chi connectivity index (χ0) is 13.8. The maximum atomic E-state index is 13.2. The largest absolute Gasteiger partial charge is 0.377 e. The molecule has 0 bridgehead atoms. The molecule has 0 radical (unpaired) electrons. The molecular weight excluding hydrogens is 257 g/mol. The maximum absolute atomic E-state index is 13.2. The van der Waals surface area contributed by atoms with Crippen molar-refractivity contribution in [3.63, 3.8) is 0 Å². The van der Waals surface area contributed by atoms with Crippen molar-refractivity contribution in [3.8, 4) is 0 Å². The Morgan fingerprint density at radius 3 is 2.53 bits per heavy atom. The standard InChI is InChI=1S/C13H17F3N2O/c14-10-4-8(5-11(15)13(10)16)12(6-17)18-7-9-2-1-3-19-9/h4-5,9,12,18H,1-3,6-7,17H2. The monoisotopic (exact) mass is 274 g/mol. The number of halogens is 3. The normalized spacial score (nSPS) is 20.7. The van der Waals surface area contributed by atoms with Gasteiger partial charge in [0.25, 0.3) is 0 Å². The Bertz CT molecular complexity index is 413. The number of hydrogen-bond acceptors (Lipinski definition) is 3. The van der Waals surface area contributed by atoms with E-state index in [4.69, 9.17) is 10.5 Å². The smallest absolute Gasteiger partial charge is 0.194 e. The van der Waals surface area contributed by atoms with Crippen LogP contribution in [0.2, 0.25) is 0 Å². The van der Waals surface area contributed by atoms with E-state index in [1.165, 1.54) is 0 Å². The highest BCUT2D eigenvalue weighted by molar-refractivity contribution is 5.23. The predicted octanol–water partition coefficient (Wildman–Crippen LogP) is 1.87. The molecule has 6 heteroatoms. The lowest BCUT2D eigenvalue weighted by Crippen LogP contribution is -2.34. The molecule has 1 aliphatic heterocycles. The van der Waals surface area contributed by atoms with E-state index in [1.807, 2.05) is 0 Å². The summed E-state index contributed by atoms with van der Waals surface area (Å²) in [5, 5.41) is 3.10. The number of nitrogens with two attached hydrogens (primary N) is 1. The van der Waals surface area contributed by atoms with Crippen LogP contribution in [0.15, 0.2) is 12.1 Å². The van der Waals surface area contributed by atoms with E-state index in [0.29, 0.717) is 12.1 Å². The molecule has 0 aromatic heterocycles. The number of benzene rings is 1. The van der Waals surface area contributed by atoms with Crippen molar-refractivity contribution in [3.05, 3.63) is 35.1 Å². The summed E-state index contributed by atoms with van der Waals surface area (Å²) in [5.74, 6) is -3.86. The Kier molecular flexibility index (Phi) is 4.79. The van der Waals surface area contributed by atoms with Crippen LogP contribution in [0, 0.1) is 17.5 Å². The van der Waals surface area contributed by atoms with E-state index in [9.17, 15) is 13.2 Å². The molecule has 1 aromatic rings. The molecular formula is C13H17F3N2O. The van der Waals surface area contributed by atoms with Gasteiger partial charge in [0.2, 0.25) is 0 Å². The highest BCUT2D eigenvalue weighted by atomic mass is 19.2. The van der Waals surface area contributed by atoms with Gasteiger partial charge in [0.1, 0.15) is 0 Å². The third-order valence-corrected chi connectivity index (χ3v) is 3.26. The molecule has 2 rings (SSSR count). The molecule has 1 aromatic carbocycles. The van der Waals surface area contributed by atoms with Crippen LogP contribution in [-0.4, -0.2) is 25.8 Å². The van der Waals surface area contributed by atoms with Gasteiger partial charge in [0.15, 0.2) is 17.5 Å². The van der Waals surface area contributed by atoms with E-state index >= 15 is 0 Å². The van der Waals surface area contributed by atoms with Crippen molar-refractivity contribution in [2.75, 3.05) is 19.7 Å². The Labute approximate surface area is 109 Å². The predicted molar refractivity (Wildman–Crippen MR) is 65.1 cm³/mol. The van der Waals surface area contributed by atoms with Crippen LogP contribution in [0.4, 0.5) is 13.2 Å². The third kappa shape index (κ3) is 3.46. The van der Waals surface area contributed by atoms with Gasteiger partial charge in [-0.05, 0) is 30.5 Å². The molecule has 2 unspecified atom stereocenters. The Balaban J connectivity index is 2.04. The Morgan fingerprint density at radius 2 is 2.00 bits per heavy atom. The van der Waals surface area contributed by atoms with Crippen molar-refractivity contribution in [2.24, 2.45) is 5.73 Å². The summed E-state index contributed by atoms with van der Waals surface area (Å²) in [5.41, 5.74) is 5.89. The molecule has 0 saturated carbocycles. The van der Waals surface area contributed by atoms with Crippen LogP contribution in [0.25, 0.3) is 0 Å². The van der Waals surface area contributed by atoms with Gasteiger partial charge in [-0.2, -0.15) is 0 Å². The molecule has 1 heterocycles. The number of hydrogen-bond donors (Lipinski definition) is 2. The lowest BCUT2D eigenvalue weighted by molar-refractivity contribution is 0.107. The second kappa shape index (κ2) is 6.36. The van der Waals surface area contributed by atoms with Gasteiger partial charge >= 0.3 is 0 Å². The summed E-state index contributed by atoms with van der Waals surface area (Å²) in [4.78, 5) is 0. The van der Waals surface area contributed by atoms with Crippen LogP contribution in [-0.2, 0) is 4.74 Å². The average molecular weight is 274 g/mol. The summed E-state index contributed by atoms with van der Waals surface area (Å²) in [6.45, 7) is 1.46. The summed E-state index contributed by atoms with van der Waals surface area (Å²) >= 11 is 0. The number of ether oxygens (including phenoxy) is 1. The molecule has 0 amide bonds. The van der Waals surface area contributed by atoms with E-state index in [2.05, 4.69) is 5.32 Å². The maximum Gasteiger partial charge on any atom is 0.194 e. The Morgan fingerprint density at radius 1 is 1.32 bits per heavy atom. The molecule has 3 nitrogen and oxygen atoms in total. The summed E-state index contributed by atoms with van der Waals surface area (Å²) in [6.07, 6.45) is 2.07. The average Bonchev–Trinajstić information content (AvgIpc) is 2.89. The lowest BCUT2D eigenvalue weighted by atomic mass is 10.1. The first-order valence-electron chi connectivity index (χ1n) is 6.31.